The van der Waals surface area contributed by atoms with Crippen LogP contribution >= 0.6 is 0 Å². The van der Waals surface area contributed by atoms with E-state index in [-0.39, 0.29) is 18.7 Å². The quantitative estimate of drug-likeness (QED) is 0.513. The SMILES string of the molecule is O=C(O)CCC(=O)NCCCN1CCNCC1. The highest BCUT2D eigenvalue weighted by Gasteiger charge is 2.09. The zero-order chi connectivity index (χ0) is 12.5. The molecule has 1 rings (SSSR count). The summed E-state index contributed by atoms with van der Waals surface area (Å²) in [6.45, 7) is 5.80. The molecule has 0 spiro atoms. The van der Waals surface area contributed by atoms with Gasteiger partial charge in [-0.25, -0.2) is 0 Å². The smallest absolute Gasteiger partial charge is 0.303 e. The minimum absolute atomic E-state index is 0.0724. The molecule has 0 aromatic heterocycles. The van der Waals surface area contributed by atoms with E-state index in [1.165, 1.54) is 0 Å². The predicted octanol–water partition coefficient (Wildman–Crippen LogP) is -0.737. The summed E-state index contributed by atoms with van der Waals surface area (Å²) in [5, 5.41) is 14.4. The molecule has 0 aromatic rings. The number of rotatable bonds is 7. The summed E-state index contributed by atoms with van der Waals surface area (Å²) in [6.07, 6.45) is 0.894. The molecule has 1 heterocycles. The van der Waals surface area contributed by atoms with Crippen molar-refractivity contribution >= 4 is 11.9 Å². The number of amides is 1. The number of nitrogens with one attached hydrogen (secondary N) is 2. The first-order valence-electron chi connectivity index (χ1n) is 6.10. The number of carboxylic acids is 1. The van der Waals surface area contributed by atoms with Crippen molar-refractivity contribution in [3.63, 3.8) is 0 Å². The molecule has 1 amide bonds. The van der Waals surface area contributed by atoms with E-state index in [2.05, 4.69) is 15.5 Å². The lowest BCUT2D eigenvalue weighted by atomic mass is 10.3. The van der Waals surface area contributed by atoms with Gasteiger partial charge in [0.05, 0.1) is 6.42 Å². The summed E-state index contributed by atoms with van der Waals surface area (Å²) < 4.78 is 0. The molecule has 1 fully saturated rings. The van der Waals surface area contributed by atoms with E-state index in [9.17, 15) is 9.59 Å². The Balaban J connectivity index is 1.95. The third kappa shape index (κ3) is 6.91. The Labute approximate surface area is 101 Å². The van der Waals surface area contributed by atoms with E-state index < -0.39 is 5.97 Å². The first-order chi connectivity index (χ1) is 8.18. The second-order valence-electron chi connectivity index (χ2n) is 4.19. The van der Waals surface area contributed by atoms with Crippen LogP contribution in [-0.4, -0.2) is 61.2 Å². The van der Waals surface area contributed by atoms with Gasteiger partial charge in [-0.2, -0.15) is 0 Å². The van der Waals surface area contributed by atoms with Crippen LogP contribution in [0.15, 0.2) is 0 Å². The maximum Gasteiger partial charge on any atom is 0.303 e. The summed E-state index contributed by atoms with van der Waals surface area (Å²) in [7, 11) is 0. The van der Waals surface area contributed by atoms with Crippen LogP contribution in [0.25, 0.3) is 0 Å². The molecule has 3 N–H and O–H groups in total. The van der Waals surface area contributed by atoms with Crippen molar-refractivity contribution < 1.29 is 14.7 Å². The molecule has 0 aliphatic carbocycles. The van der Waals surface area contributed by atoms with Gasteiger partial charge in [0.15, 0.2) is 0 Å². The van der Waals surface area contributed by atoms with Gasteiger partial charge in [-0.1, -0.05) is 0 Å². The van der Waals surface area contributed by atoms with Gasteiger partial charge in [0.25, 0.3) is 0 Å². The third-order valence-electron chi connectivity index (χ3n) is 2.75. The molecule has 1 saturated heterocycles. The van der Waals surface area contributed by atoms with Crippen molar-refractivity contribution in [2.75, 3.05) is 39.3 Å². The molecular formula is C11H21N3O3. The normalized spacial score (nSPS) is 16.7. The van der Waals surface area contributed by atoms with E-state index in [1.807, 2.05) is 0 Å². The minimum Gasteiger partial charge on any atom is -0.481 e. The maximum atomic E-state index is 11.2. The van der Waals surface area contributed by atoms with Crippen molar-refractivity contribution in [3.05, 3.63) is 0 Å². The van der Waals surface area contributed by atoms with Gasteiger partial charge in [0.1, 0.15) is 0 Å². The van der Waals surface area contributed by atoms with E-state index >= 15 is 0 Å². The Hall–Kier alpha value is -1.14. The molecule has 1 aliphatic heterocycles. The number of hydrogen-bond donors (Lipinski definition) is 3. The lowest BCUT2D eigenvalue weighted by Crippen LogP contribution is -2.44. The van der Waals surface area contributed by atoms with Crippen LogP contribution in [0.5, 0.6) is 0 Å². The largest absolute Gasteiger partial charge is 0.481 e. The second-order valence-corrected chi connectivity index (χ2v) is 4.19. The average Bonchev–Trinajstić information content (AvgIpc) is 2.33. The van der Waals surface area contributed by atoms with Crippen LogP contribution in [0.2, 0.25) is 0 Å². The fourth-order valence-electron chi connectivity index (χ4n) is 1.77. The Morgan fingerprint density at radius 1 is 1.24 bits per heavy atom. The van der Waals surface area contributed by atoms with Gasteiger partial charge in [-0.3, -0.25) is 9.59 Å². The number of nitrogens with zero attached hydrogens (tertiary/aromatic N) is 1. The Kier molecular flexibility index (Phi) is 6.57. The molecule has 0 atom stereocenters. The first-order valence-corrected chi connectivity index (χ1v) is 6.10. The van der Waals surface area contributed by atoms with Crippen molar-refractivity contribution in [2.45, 2.75) is 19.3 Å². The van der Waals surface area contributed by atoms with Crippen LogP contribution < -0.4 is 10.6 Å². The molecule has 6 heteroatoms. The number of carboxylic acid groups (broad SMARTS) is 1. The molecule has 0 radical (unpaired) electrons. The van der Waals surface area contributed by atoms with Gasteiger partial charge < -0.3 is 20.6 Å². The Morgan fingerprint density at radius 2 is 1.94 bits per heavy atom. The number of piperazine rings is 1. The molecule has 0 aromatic carbocycles. The Bertz CT molecular complexity index is 252. The lowest BCUT2D eigenvalue weighted by Gasteiger charge is -2.27. The fraction of sp³-hybridized carbons (Fsp3) is 0.818. The highest BCUT2D eigenvalue weighted by Crippen LogP contribution is 1.94. The minimum atomic E-state index is -0.930. The summed E-state index contributed by atoms with van der Waals surface area (Å²) >= 11 is 0. The highest BCUT2D eigenvalue weighted by atomic mass is 16.4. The molecule has 6 nitrogen and oxygen atoms in total. The third-order valence-corrected chi connectivity index (χ3v) is 2.75. The van der Waals surface area contributed by atoms with Crippen LogP contribution in [0.3, 0.4) is 0 Å². The molecule has 98 valence electrons. The summed E-state index contributed by atoms with van der Waals surface area (Å²) in [5.74, 6) is -1.10. The summed E-state index contributed by atoms with van der Waals surface area (Å²) in [5.41, 5.74) is 0. The van der Waals surface area contributed by atoms with Crippen molar-refractivity contribution in [2.24, 2.45) is 0 Å². The van der Waals surface area contributed by atoms with E-state index in [4.69, 9.17) is 5.11 Å². The van der Waals surface area contributed by atoms with Crippen LogP contribution in [0.1, 0.15) is 19.3 Å². The number of carbonyl (C=O) groups excluding carboxylic acids is 1. The monoisotopic (exact) mass is 243 g/mol. The molecular weight excluding hydrogens is 222 g/mol. The van der Waals surface area contributed by atoms with E-state index in [0.29, 0.717) is 6.54 Å². The predicted molar refractivity (Wildman–Crippen MR) is 63.8 cm³/mol. The average molecular weight is 243 g/mol. The van der Waals surface area contributed by atoms with E-state index in [1.54, 1.807) is 0 Å². The van der Waals surface area contributed by atoms with E-state index in [0.717, 1.165) is 39.1 Å². The van der Waals surface area contributed by atoms with Gasteiger partial charge >= 0.3 is 5.97 Å². The van der Waals surface area contributed by atoms with Crippen LogP contribution in [0.4, 0.5) is 0 Å². The summed E-state index contributed by atoms with van der Waals surface area (Å²) in [4.78, 5) is 23.8. The van der Waals surface area contributed by atoms with Crippen molar-refractivity contribution in [1.29, 1.82) is 0 Å². The van der Waals surface area contributed by atoms with Crippen molar-refractivity contribution in [3.8, 4) is 0 Å². The standard InChI is InChI=1S/C11H21N3O3/c15-10(2-3-11(16)17)13-4-1-7-14-8-5-12-6-9-14/h12H,1-9H2,(H,13,15)(H,16,17). The first kappa shape index (κ1) is 13.9. The zero-order valence-corrected chi connectivity index (χ0v) is 10.1. The summed E-state index contributed by atoms with van der Waals surface area (Å²) in [6, 6.07) is 0. The zero-order valence-electron chi connectivity index (χ0n) is 10.1. The molecule has 0 bridgehead atoms. The van der Waals surface area contributed by atoms with Crippen molar-refractivity contribution in [1.82, 2.24) is 15.5 Å². The lowest BCUT2D eigenvalue weighted by molar-refractivity contribution is -0.138. The molecule has 17 heavy (non-hydrogen) atoms. The molecule has 0 saturated carbocycles. The van der Waals surface area contributed by atoms with Gasteiger partial charge in [-0.15, -0.1) is 0 Å². The van der Waals surface area contributed by atoms with Crippen LogP contribution in [-0.2, 0) is 9.59 Å². The fourth-order valence-corrected chi connectivity index (χ4v) is 1.77. The Morgan fingerprint density at radius 3 is 2.59 bits per heavy atom. The van der Waals surface area contributed by atoms with Crippen LogP contribution in [0, 0.1) is 0 Å². The second kappa shape index (κ2) is 8.03. The highest BCUT2D eigenvalue weighted by molar-refractivity contribution is 5.80. The van der Waals surface area contributed by atoms with Gasteiger partial charge in [-0.05, 0) is 13.0 Å². The maximum absolute atomic E-state index is 11.2. The number of hydrogen-bond acceptors (Lipinski definition) is 4. The van der Waals surface area contributed by atoms with Gasteiger partial charge in [0.2, 0.25) is 5.91 Å². The number of aliphatic carboxylic acids is 1. The van der Waals surface area contributed by atoms with Gasteiger partial charge in [0, 0.05) is 39.1 Å². The topological polar surface area (TPSA) is 81.7 Å². The molecule has 0 unspecified atom stereocenters. The number of carbonyl (C=O) groups is 2. The molecule has 1 aliphatic rings.